The number of hydrogen-bond acceptors (Lipinski definition) is 5. The van der Waals surface area contributed by atoms with Gasteiger partial charge in [-0.05, 0) is 48.8 Å². The number of hydroxylamine groups is 1. The Labute approximate surface area is 193 Å². The summed E-state index contributed by atoms with van der Waals surface area (Å²) in [5.41, 5.74) is 3.65. The van der Waals surface area contributed by atoms with Crippen LogP contribution in [0.5, 0.6) is 0 Å². The molecule has 1 aliphatic carbocycles. The van der Waals surface area contributed by atoms with Crippen LogP contribution in [0.25, 0.3) is 0 Å². The number of Topliss-reactive ketones (excluding diaryl/α,β-unsaturated/α-hetero) is 2. The summed E-state index contributed by atoms with van der Waals surface area (Å²) in [5.74, 6) is -0.171. The average Bonchev–Trinajstić information content (AvgIpc) is 2.69. The van der Waals surface area contributed by atoms with Gasteiger partial charge in [-0.2, -0.15) is 13.2 Å². The Bertz CT molecular complexity index is 852. The molecule has 0 aliphatic heterocycles. The molecule has 1 fully saturated rings. The summed E-state index contributed by atoms with van der Waals surface area (Å²) < 4.78 is 38.9. The molecule has 1 saturated carbocycles. The molecule has 0 radical (unpaired) electrons. The van der Waals surface area contributed by atoms with E-state index in [2.05, 4.69) is 5.48 Å². The highest BCUT2D eigenvalue weighted by Crippen LogP contribution is 2.37. The van der Waals surface area contributed by atoms with Crippen LogP contribution >= 0.6 is 35.0 Å². The zero-order valence-corrected chi connectivity index (χ0v) is 19.1. The summed E-state index contributed by atoms with van der Waals surface area (Å²) in [6.45, 7) is 1.99. The number of thioether (sulfide) groups is 1. The number of ketones is 2. The van der Waals surface area contributed by atoms with Crippen molar-refractivity contribution in [1.82, 2.24) is 5.48 Å². The Kier molecular flexibility index (Phi) is 9.93. The number of carbonyl (C=O) groups is 2. The molecule has 2 rings (SSSR count). The third kappa shape index (κ3) is 7.56. The first-order valence-electron chi connectivity index (χ1n) is 9.59. The van der Waals surface area contributed by atoms with E-state index in [1.165, 1.54) is 29.4 Å². The second-order valence-corrected chi connectivity index (χ2v) is 8.71. The molecule has 0 saturated heterocycles. The molecule has 10 heteroatoms. The van der Waals surface area contributed by atoms with E-state index in [0.717, 1.165) is 6.07 Å². The maximum absolute atomic E-state index is 13.0. The summed E-state index contributed by atoms with van der Waals surface area (Å²) in [4.78, 5) is 30.8. The lowest BCUT2D eigenvalue weighted by molar-refractivity contribution is -0.137. The van der Waals surface area contributed by atoms with E-state index in [1.54, 1.807) is 13.0 Å². The molecule has 1 aromatic carbocycles. The highest BCUT2D eigenvalue weighted by Gasteiger charge is 2.34. The second-order valence-electron chi connectivity index (χ2n) is 6.88. The Morgan fingerprint density at radius 1 is 1.29 bits per heavy atom. The quantitative estimate of drug-likeness (QED) is 0.142. The van der Waals surface area contributed by atoms with E-state index >= 15 is 0 Å². The predicted molar refractivity (Wildman–Crippen MR) is 116 cm³/mol. The molecule has 1 N–H and O–H groups in total. The fraction of sp³-hybridized carbons (Fsp3) is 0.429. The number of halogens is 5. The van der Waals surface area contributed by atoms with Crippen molar-refractivity contribution >= 4 is 46.5 Å². The summed E-state index contributed by atoms with van der Waals surface area (Å²) >= 11 is 12.3. The second kappa shape index (κ2) is 11.9. The number of rotatable bonds is 9. The molecule has 0 spiro atoms. The van der Waals surface area contributed by atoms with Crippen molar-refractivity contribution in [3.8, 4) is 0 Å². The van der Waals surface area contributed by atoms with E-state index in [-0.39, 0.29) is 47.5 Å². The molecule has 0 unspecified atom stereocenters. The van der Waals surface area contributed by atoms with Gasteiger partial charge in [-0.1, -0.05) is 30.1 Å². The third-order valence-electron chi connectivity index (χ3n) is 4.66. The van der Waals surface area contributed by atoms with Gasteiger partial charge in [-0.25, -0.2) is 0 Å². The Balaban J connectivity index is 1.95. The molecule has 0 atom stereocenters. The fourth-order valence-electron chi connectivity index (χ4n) is 3.16. The average molecular weight is 496 g/mol. The van der Waals surface area contributed by atoms with Gasteiger partial charge in [0.15, 0.2) is 11.6 Å². The zero-order valence-electron chi connectivity index (χ0n) is 16.7. The molecule has 1 aromatic rings. The summed E-state index contributed by atoms with van der Waals surface area (Å²) in [6, 6.07) is 3.77. The molecule has 170 valence electrons. The van der Waals surface area contributed by atoms with E-state index in [9.17, 15) is 22.8 Å². The standard InChI is InChI=1S/C21H22Cl2F3NO3S/c1-2-17(27-30-8-3-7-22)20-18(28)10-13(11-19(20)29)6-9-31-14-4-5-16(23)15(12-14)21(24,25)26/h3-5,7,12-13,27H,2,6,8-11H2,1H3. The predicted octanol–water partition coefficient (Wildman–Crippen LogP) is 6.33. The highest BCUT2D eigenvalue weighted by atomic mass is 35.5. The topological polar surface area (TPSA) is 55.4 Å². The number of hydrogen-bond donors (Lipinski definition) is 1. The van der Waals surface area contributed by atoms with Gasteiger partial charge in [-0.3, -0.25) is 19.9 Å². The first kappa shape index (κ1) is 25.8. The van der Waals surface area contributed by atoms with E-state index in [0.29, 0.717) is 29.2 Å². The van der Waals surface area contributed by atoms with Crippen molar-refractivity contribution in [2.24, 2.45) is 5.92 Å². The van der Waals surface area contributed by atoms with E-state index in [1.807, 2.05) is 0 Å². The van der Waals surface area contributed by atoms with Gasteiger partial charge in [0.1, 0.15) is 0 Å². The van der Waals surface area contributed by atoms with Crippen molar-refractivity contribution in [2.45, 2.75) is 43.7 Å². The number of nitrogens with one attached hydrogen (secondary N) is 1. The highest BCUT2D eigenvalue weighted by molar-refractivity contribution is 7.99. The minimum Gasteiger partial charge on any atom is -0.294 e. The van der Waals surface area contributed by atoms with Crippen LogP contribution in [0.15, 0.2) is 46.0 Å². The third-order valence-corrected chi connectivity index (χ3v) is 6.20. The molecule has 0 heterocycles. The monoisotopic (exact) mass is 495 g/mol. The number of carbonyl (C=O) groups excluding carboxylic acids is 2. The van der Waals surface area contributed by atoms with Crippen LogP contribution in [-0.4, -0.2) is 23.9 Å². The van der Waals surface area contributed by atoms with Gasteiger partial charge in [-0.15, -0.1) is 11.8 Å². The van der Waals surface area contributed by atoms with Gasteiger partial charge in [0.2, 0.25) is 0 Å². The maximum atomic E-state index is 13.0. The minimum absolute atomic E-state index is 0.133. The van der Waals surface area contributed by atoms with Crippen LogP contribution in [0.3, 0.4) is 0 Å². The van der Waals surface area contributed by atoms with Gasteiger partial charge in [0.25, 0.3) is 0 Å². The fourth-order valence-corrected chi connectivity index (χ4v) is 4.51. The summed E-state index contributed by atoms with van der Waals surface area (Å²) in [5, 5.41) is -0.345. The molecule has 0 bridgehead atoms. The molecular formula is C21H22Cl2F3NO3S. The van der Waals surface area contributed by atoms with Crippen LogP contribution in [-0.2, 0) is 20.6 Å². The minimum atomic E-state index is -4.52. The molecule has 1 aliphatic rings. The van der Waals surface area contributed by atoms with Crippen LogP contribution in [0.4, 0.5) is 13.2 Å². The lowest BCUT2D eigenvalue weighted by Gasteiger charge is -2.24. The maximum Gasteiger partial charge on any atom is 0.417 e. The Hall–Kier alpha value is -1.48. The van der Waals surface area contributed by atoms with Crippen LogP contribution in [0.1, 0.15) is 38.2 Å². The normalized spacial score (nSPS) is 17.5. The van der Waals surface area contributed by atoms with Gasteiger partial charge >= 0.3 is 6.18 Å². The molecular weight excluding hydrogens is 474 g/mol. The summed E-state index contributed by atoms with van der Waals surface area (Å²) in [7, 11) is 0. The number of allylic oxidation sites excluding steroid dienone is 2. The SMILES string of the molecule is CCC(NOCC=CCl)=C1C(=O)CC(CCSc2ccc(Cl)c(C(F)(F)F)c2)CC1=O. The van der Waals surface area contributed by atoms with Crippen LogP contribution in [0, 0.1) is 5.92 Å². The van der Waals surface area contributed by atoms with Crippen molar-refractivity contribution < 1.29 is 27.6 Å². The smallest absolute Gasteiger partial charge is 0.294 e. The van der Waals surface area contributed by atoms with Crippen LogP contribution < -0.4 is 5.48 Å². The Morgan fingerprint density at radius 3 is 2.55 bits per heavy atom. The molecule has 0 aromatic heterocycles. The molecule has 0 amide bonds. The molecule has 4 nitrogen and oxygen atoms in total. The molecule has 31 heavy (non-hydrogen) atoms. The summed E-state index contributed by atoms with van der Waals surface area (Å²) in [6.07, 6.45) is -1.58. The number of benzene rings is 1. The van der Waals surface area contributed by atoms with E-state index in [4.69, 9.17) is 28.0 Å². The van der Waals surface area contributed by atoms with Crippen molar-refractivity contribution in [3.05, 3.63) is 51.7 Å². The first-order chi connectivity index (χ1) is 14.7. The Morgan fingerprint density at radius 2 is 1.97 bits per heavy atom. The van der Waals surface area contributed by atoms with Gasteiger partial charge in [0.05, 0.1) is 28.5 Å². The zero-order chi connectivity index (χ0) is 23.0. The van der Waals surface area contributed by atoms with Gasteiger partial charge in [0, 0.05) is 23.3 Å². The lowest BCUT2D eigenvalue weighted by Crippen LogP contribution is -2.30. The van der Waals surface area contributed by atoms with Crippen LogP contribution in [0.2, 0.25) is 5.02 Å². The lowest BCUT2D eigenvalue weighted by atomic mass is 9.81. The largest absolute Gasteiger partial charge is 0.417 e. The first-order valence-corrected chi connectivity index (χ1v) is 11.4. The van der Waals surface area contributed by atoms with Crippen molar-refractivity contribution in [1.29, 1.82) is 0 Å². The van der Waals surface area contributed by atoms with Crippen molar-refractivity contribution in [2.75, 3.05) is 12.4 Å². The number of alkyl halides is 3. The van der Waals surface area contributed by atoms with E-state index < -0.39 is 11.7 Å². The van der Waals surface area contributed by atoms with Crippen molar-refractivity contribution in [3.63, 3.8) is 0 Å². The van der Waals surface area contributed by atoms with Gasteiger partial charge < -0.3 is 0 Å².